The number of hydrogen-bond donors (Lipinski definition) is 4. The monoisotopic (exact) mass is 434 g/mol. The second kappa shape index (κ2) is 9.05. The number of hydrogen-bond acceptors (Lipinski definition) is 7. The SMILES string of the molecule is COc1ccc2c(CCNc3ncc(C#N)c(N[C@@H]4CC[C@H](O)C(C)(C)C4)n3)c[nH]c2c1. The van der Waals surface area contributed by atoms with Crippen LogP contribution in [0.4, 0.5) is 11.8 Å². The van der Waals surface area contributed by atoms with Gasteiger partial charge >= 0.3 is 0 Å². The van der Waals surface area contributed by atoms with Crippen molar-refractivity contribution in [3.63, 3.8) is 0 Å². The summed E-state index contributed by atoms with van der Waals surface area (Å²) in [5.41, 5.74) is 2.50. The lowest BCUT2D eigenvalue weighted by atomic mass is 9.73. The van der Waals surface area contributed by atoms with E-state index in [4.69, 9.17) is 4.74 Å². The van der Waals surface area contributed by atoms with E-state index in [0.717, 1.165) is 42.3 Å². The van der Waals surface area contributed by atoms with Crippen LogP contribution >= 0.6 is 0 Å². The highest BCUT2D eigenvalue weighted by molar-refractivity contribution is 5.84. The first-order valence-electron chi connectivity index (χ1n) is 11.0. The molecule has 4 rings (SSSR count). The van der Waals surface area contributed by atoms with Crippen molar-refractivity contribution in [2.24, 2.45) is 5.41 Å². The molecule has 1 aliphatic carbocycles. The Balaban J connectivity index is 1.41. The first-order chi connectivity index (χ1) is 15.4. The van der Waals surface area contributed by atoms with Gasteiger partial charge in [-0.1, -0.05) is 13.8 Å². The Morgan fingerprint density at radius 2 is 2.19 bits per heavy atom. The van der Waals surface area contributed by atoms with Crippen LogP contribution in [0.5, 0.6) is 5.75 Å². The number of aliphatic hydroxyl groups excluding tert-OH is 1. The number of aliphatic hydroxyl groups is 1. The molecule has 8 heteroatoms. The highest BCUT2D eigenvalue weighted by Gasteiger charge is 2.35. The molecule has 1 aliphatic rings. The quantitative estimate of drug-likeness (QED) is 0.446. The van der Waals surface area contributed by atoms with Crippen LogP contribution in [-0.4, -0.2) is 45.9 Å². The lowest BCUT2D eigenvalue weighted by molar-refractivity contribution is 0.00926. The van der Waals surface area contributed by atoms with Crippen LogP contribution in [0.1, 0.15) is 44.2 Å². The summed E-state index contributed by atoms with van der Waals surface area (Å²) in [6, 6.07) is 8.33. The van der Waals surface area contributed by atoms with Gasteiger partial charge in [0.1, 0.15) is 23.2 Å². The van der Waals surface area contributed by atoms with E-state index in [9.17, 15) is 10.4 Å². The van der Waals surface area contributed by atoms with Gasteiger partial charge in [0.05, 0.1) is 19.4 Å². The summed E-state index contributed by atoms with van der Waals surface area (Å²) in [5.74, 6) is 1.86. The van der Waals surface area contributed by atoms with E-state index < -0.39 is 0 Å². The zero-order valence-corrected chi connectivity index (χ0v) is 18.8. The maximum Gasteiger partial charge on any atom is 0.224 e. The number of nitrogens with zero attached hydrogens (tertiary/aromatic N) is 3. The minimum Gasteiger partial charge on any atom is -0.497 e. The normalized spacial score (nSPS) is 20.0. The second-order valence-corrected chi connectivity index (χ2v) is 9.10. The van der Waals surface area contributed by atoms with E-state index in [1.54, 1.807) is 13.3 Å². The van der Waals surface area contributed by atoms with Crippen molar-refractivity contribution in [1.29, 1.82) is 5.26 Å². The fourth-order valence-corrected chi connectivity index (χ4v) is 4.41. The van der Waals surface area contributed by atoms with Crippen LogP contribution in [0, 0.1) is 16.7 Å². The van der Waals surface area contributed by atoms with Crippen LogP contribution < -0.4 is 15.4 Å². The summed E-state index contributed by atoms with van der Waals surface area (Å²) in [4.78, 5) is 12.2. The first-order valence-corrected chi connectivity index (χ1v) is 11.0. The van der Waals surface area contributed by atoms with E-state index in [-0.39, 0.29) is 17.6 Å². The van der Waals surface area contributed by atoms with E-state index in [0.29, 0.717) is 23.9 Å². The van der Waals surface area contributed by atoms with Gasteiger partial charge in [-0.15, -0.1) is 0 Å². The number of ether oxygens (including phenoxy) is 1. The van der Waals surface area contributed by atoms with Gasteiger partial charge in [0, 0.05) is 35.8 Å². The average molecular weight is 435 g/mol. The number of nitriles is 1. The average Bonchev–Trinajstić information content (AvgIpc) is 3.18. The summed E-state index contributed by atoms with van der Waals surface area (Å²) in [6.45, 7) is 4.81. The van der Waals surface area contributed by atoms with Gasteiger partial charge in [-0.2, -0.15) is 10.2 Å². The highest BCUT2D eigenvalue weighted by Crippen LogP contribution is 2.37. The number of anilines is 2. The maximum atomic E-state index is 10.2. The molecule has 0 unspecified atom stereocenters. The summed E-state index contributed by atoms with van der Waals surface area (Å²) in [7, 11) is 1.66. The Kier molecular flexibility index (Phi) is 6.19. The molecule has 0 bridgehead atoms. The van der Waals surface area contributed by atoms with Gasteiger partial charge < -0.3 is 25.5 Å². The van der Waals surface area contributed by atoms with E-state index in [1.165, 1.54) is 5.56 Å². The number of aromatic amines is 1. The third kappa shape index (κ3) is 4.63. The molecule has 2 aromatic heterocycles. The summed E-state index contributed by atoms with van der Waals surface area (Å²) in [6.07, 6.45) is 6.46. The molecule has 0 aliphatic heterocycles. The molecule has 0 radical (unpaired) electrons. The van der Waals surface area contributed by atoms with E-state index in [1.807, 2.05) is 18.3 Å². The Hall–Kier alpha value is -3.31. The highest BCUT2D eigenvalue weighted by atomic mass is 16.5. The van der Waals surface area contributed by atoms with Crippen molar-refractivity contribution in [1.82, 2.24) is 15.0 Å². The number of aromatic nitrogens is 3. The molecule has 0 saturated heterocycles. The van der Waals surface area contributed by atoms with Crippen molar-refractivity contribution in [2.75, 3.05) is 24.3 Å². The van der Waals surface area contributed by atoms with Crippen LogP contribution in [0.2, 0.25) is 0 Å². The Morgan fingerprint density at radius 1 is 1.34 bits per heavy atom. The first kappa shape index (κ1) is 21.9. The molecule has 168 valence electrons. The van der Waals surface area contributed by atoms with Crippen LogP contribution in [0.15, 0.2) is 30.6 Å². The van der Waals surface area contributed by atoms with E-state index in [2.05, 4.69) is 51.6 Å². The maximum absolute atomic E-state index is 10.2. The topological polar surface area (TPSA) is 119 Å². The zero-order chi connectivity index (χ0) is 22.7. The summed E-state index contributed by atoms with van der Waals surface area (Å²) in [5, 5.41) is 27.5. The van der Waals surface area contributed by atoms with Crippen LogP contribution in [0.3, 0.4) is 0 Å². The predicted octanol–water partition coefficient (Wildman–Crippen LogP) is 3.84. The van der Waals surface area contributed by atoms with Gasteiger partial charge in [-0.25, -0.2) is 4.98 Å². The predicted molar refractivity (Wildman–Crippen MR) is 125 cm³/mol. The molecule has 3 aromatic rings. The molecule has 1 fully saturated rings. The number of benzene rings is 1. The van der Waals surface area contributed by atoms with Crippen molar-refractivity contribution >= 4 is 22.7 Å². The smallest absolute Gasteiger partial charge is 0.224 e. The second-order valence-electron chi connectivity index (χ2n) is 9.10. The molecule has 0 spiro atoms. The number of rotatable bonds is 7. The van der Waals surface area contributed by atoms with Crippen molar-refractivity contribution in [3.05, 3.63) is 41.7 Å². The van der Waals surface area contributed by atoms with Crippen molar-refractivity contribution < 1.29 is 9.84 Å². The number of H-pyrrole nitrogens is 1. The molecule has 1 saturated carbocycles. The molecular formula is C24H30N6O2. The molecule has 32 heavy (non-hydrogen) atoms. The molecule has 4 N–H and O–H groups in total. The van der Waals surface area contributed by atoms with Gasteiger partial charge in [0.2, 0.25) is 5.95 Å². The fourth-order valence-electron chi connectivity index (χ4n) is 4.41. The molecule has 8 nitrogen and oxygen atoms in total. The van der Waals surface area contributed by atoms with Gasteiger partial charge in [0.25, 0.3) is 0 Å². The number of fused-ring (bicyclic) bond motifs is 1. The fraction of sp³-hybridized carbons (Fsp3) is 0.458. The van der Waals surface area contributed by atoms with Gasteiger partial charge in [-0.3, -0.25) is 0 Å². The molecule has 1 aromatic carbocycles. The Bertz CT molecular complexity index is 1130. The lowest BCUT2D eigenvalue weighted by Crippen LogP contribution is -2.41. The van der Waals surface area contributed by atoms with E-state index >= 15 is 0 Å². The van der Waals surface area contributed by atoms with Gasteiger partial charge in [-0.05, 0) is 48.8 Å². The van der Waals surface area contributed by atoms with Crippen LogP contribution in [0.25, 0.3) is 10.9 Å². The molecule has 0 amide bonds. The largest absolute Gasteiger partial charge is 0.497 e. The van der Waals surface area contributed by atoms with Gasteiger partial charge in [0.15, 0.2) is 0 Å². The third-order valence-corrected chi connectivity index (χ3v) is 6.37. The minimum absolute atomic E-state index is 0.159. The number of methoxy groups -OCH3 is 1. The molecule has 2 atom stereocenters. The summed E-state index contributed by atoms with van der Waals surface area (Å²) >= 11 is 0. The number of nitrogens with one attached hydrogen (secondary N) is 3. The minimum atomic E-state index is -0.302. The lowest BCUT2D eigenvalue weighted by Gasteiger charge is -2.40. The Labute approximate surface area is 188 Å². The Morgan fingerprint density at radius 3 is 2.94 bits per heavy atom. The zero-order valence-electron chi connectivity index (χ0n) is 18.8. The summed E-state index contributed by atoms with van der Waals surface area (Å²) < 4.78 is 5.28. The van der Waals surface area contributed by atoms with Crippen molar-refractivity contribution in [3.8, 4) is 11.8 Å². The standard InChI is InChI=1S/C24H30N6O2/c1-24(2)11-17(4-7-21(24)31)29-22-16(12-25)14-28-23(30-22)26-9-8-15-13-27-20-10-18(32-3)5-6-19(15)20/h5-6,10,13-14,17,21,27,31H,4,7-9,11H2,1-3H3,(H2,26,28,29,30)/t17-,21+/m1/s1. The third-order valence-electron chi connectivity index (χ3n) is 6.37. The van der Waals surface area contributed by atoms with Crippen molar-refractivity contribution in [2.45, 2.75) is 51.7 Å². The molecule has 2 heterocycles. The molecular weight excluding hydrogens is 404 g/mol. The van der Waals surface area contributed by atoms with Crippen LogP contribution in [-0.2, 0) is 6.42 Å².